The van der Waals surface area contributed by atoms with Gasteiger partial charge in [0.2, 0.25) is 10.0 Å². The third-order valence-electron chi connectivity index (χ3n) is 2.17. The summed E-state index contributed by atoms with van der Waals surface area (Å²) in [6.07, 6.45) is -10.2. The van der Waals surface area contributed by atoms with Crippen molar-refractivity contribution in [3.63, 3.8) is 0 Å². The van der Waals surface area contributed by atoms with Gasteiger partial charge in [-0.3, -0.25) is 0 Å². The van der Waals surface area contributed by atoms with Crippen LogP contribution in [0.2, 0.25) is 0 Å². The first-order valence-corrected chi connectivity index (χ1v) is 6.10. The normalized spacial score (nSPS) is 13.6. The van der Waals surface area contributed by atoms with Gasteiger partial charge in [0.05, 0.1) is 16.0 Å². The van der Waals surface area contributed by atoms with Crippen molar-refractivity contribution in [2.75, 3.05) is 7.05 Å². The molecule has 0 aliphatic carbocycles. The fourth-order valence-electron chi connectivity index (χ4n) is 1.27. The molecule has 0 fully saturated rings. The molecule has 1 rings (SSSR count). The van der Waals surface area contributed by atoms with Crippen molar-refractivity contribution in [3.05, 3.63) is 29.3 Å². The Morgan fingerprint density at radius 3 is 1.89 bits per heavy atom. The van der Waals surface area contributed by atoms with Gasteiger partial charge in [0, 0.05) is 0 Å². The third kappa shape index (κ3) is 3.38. The van der Waals surface area contributed by atoms with Crippen LogP contribution in [0.5, 0.6) is 0 Å². The maximum atomic E-state index is 12.6. The summed E-state index contributed by atoms with van der Waals surface area (Å²) < 4.78 is 99.2. The lowest BCUT2D eigenvalue weighted by Crippen LogP contribution is -2.23. The smallest absolute Gasteiger partial charge is 0.214 e. The molecule has 0 aromatic heterocycles. The van der Waals surface area contributed by atoms with E-state index in [1.807, 2.05) is 0 Å². The minimum absolute atomic E-state index is 0.232. The van der Waals surface area contributed by atoms with E-state index in [0.717, 1.165) is 7.05 Å². The van der Waals surface area contributed by atoms with Gasteiger partial charge in [-0.05, 0) is 25.2 Å². The van der Waals surface area contributed by atoms with Crippen LogP contribution in [-0.2, 0) is 22.4 Å². The van der Waals surface area contributed by atoms with E-state index in [2.05, 4.69) is 0 Å². The Morgan fingerprint density at radius 2 is 1.53 bits per heavy atom. The predicted octanol–water partition coefficient (Wildman–Crippen LogP) is 2.63. The molecule has 0 saturated carbocycles. The zero-order valence-corrected chi connectivity index (χ0v) is 10.0. The average Bonchev–Trinajstić information content (AvgIpc) is 2.26. The minimum Gasteiger partial charge on any atom is -0.214 e. The summed E-state index contributed by atoms with van der Waals surface area (Å²) >= 11 is 0. The number of halogens is 6. The Morgan fingerprint density at radius 1 is 1.00 bits per heavy atom. The Hall–Kier alpha value is -1.29. The zero-order valence-electron chi connectivity index (χ0n) is 9.22. The van der Waals surface area contributed by atoms with Gasteiger partial charge in [0.25, 0.3) is 0 Å². The molecule has 0 aliphatic rings. The standard InChI is InChI=1S/C9H7F6NO2S/c1-16-19(17,18)7-3-2-5(8(10,11)12)4-6(7)9(13,14)15/h2-4,16H,1H3. The van der Waals surface area contributed by atoms with Crippen molar-refractivity contribution in [1.82, 2.24) is 4.72 Å². The number of alkyl halides is 6. The summed E-state index contributed by atoms with van der Waals surface area (Å²) in [5.41, 5.74) is -3.44. The van der Waals surface area contributed by atoms with E-state index in [0.29, 0.717) is 0 Å². The Balaban J connectivity index is 3.61. The molecule has 1 aromatic carbocycles. The minimum atomic E-state index is -5.22. The molecule has 0 radical (unpaired) electrons. The molecule has 0 heterocycles. The highest BCUT2D eigenvalue weighted by Crippen LogP contribution is 2.38. The molecule has 3 nitrogen and oxygen atoms in total. The van der Waals surface area contributed by atoms with Crippen LogP contribution in [0.15, 0.2) is 23.1 Å². The SMILES string of the molecule is CNS(=O)(=O)c1ccc(C(F)(F)F)cc1C(F)(F)F. The first kappa shape index (κ1) is 15.8. The van der Waals surface area contributed by atoms with E-state index >= 15 is 0 Å². The van der Waals surface area contributed by atoms with E-state index in [4.69, 9.17) is 0 Å². The molecule has 0 spiro atoms. The van der Waals surface area contributed by atoms with Crippen molar-refractivity contribution in [3.8, 4) is 0 Å². The fraction of sp³-hybridized carbons (Fsp3) is 0.333. The molecule has 19 heavy (non-hydrogen) atoms. The van der Waals surface area contributed by atoms with Gasteiger partial charge in [-0.1, -0.05) is 0 Å². The fourth-order valence-corrected chi connectivity index (χ4v) is 2.20. The summed E-state index contributed by atoms with van der Waals surface area (Å²) in [6, 6.07) is 0.321. The van der Waals surface area contributed by atoms with Crippen molar-refractivity contribution in [2.45, 2.75) is 17.2 Å². The van der Waals surface area contributed by atoms with Crippen LogP contribution in [0.25, 0.3) is 0 Å². The number of sulfonamides is 1. The topological polar surface area (TPSA) is 46.2 Å². The van der Waals surface area contributed by atoms with Gasteiger partial charge in [-0.2, -0.15) is 26.3 Å². The summed E-state index contributed by atoms with van der Waals surface area (Å²) in [4.78, 5) is -1.25. The molecular weight excluding hydrogens is 300 g/mol. The lowest BCUT2D eigenvalue weighted by atomic mass is 10.1. The zero-order chi connectivity index (χ0) is 15.1. The van der Waals surface area contributed by atoms with Gasteiger partial charge in [0.15, 0.2) is 0 Å². The number of rotatable bonds is 2. The van der Waals surface area contributed by atoms with Crippen molar-refractivity contribution in [2.24, 2.45) is 0 Å². The highest BCUT2D eigenvalue weighted by Gasteiger charge is 2.40. The number of benzene rings is 1. The molecule has 108 valence electrons. The van der Waals surface area contributed by atoms with Gasteiger partial charge in [-0.25, -0.2) is 13.1 Å². The molecule has 0 atom stereocenters. The maximum Gasteiger partial charge on any atom is 0.417 e. The molecule has 0 amide bonds. The van der Waals surface area contributed by atoms with Crippen LogP contribution < -0.4 is 4.72 Å². The molecule has 0 unspecified atom stereocenters. The lowest BCUT2D eigenvalue weighted by molar-refractivity contribution is -0.144. The Labute approximate surface area is 104 Å². The summed E-state index contributed by atoms with van der Waals surface area (Å²) in [6.45, 7) is 0. The van der Waals surface area contributed by atoms with Crippen LogP contribution in [0.1, 0.15) is 11.1 Å². The first-order valence-electron chi connectivity index (χ1n) is 4.61. The van der Waals surface area contributed by atoms with Crippen LogP contribution in [-0.4, -0.2) is 15.5 Å². The molecule has 0 bridgehead atoms. The van der Waals surface area contributed by atoms with Crippen LogP contribution in [0, 0.1) is 0 Å². The lowest BCUT2D eigenvalue weighted by Gasteiger charge is -2.15. The average molecular weight is 307 g/mol. The molecule has 1 N–H and O–H groups in total. The molecule has 10 heteroatoms. The van der Waals surface area contributed by atoms with Gasteiger partial charge in [-0.15, -0.1) is 0 Å². The summed E-state index contributed by atoms with van der Waals surface area (Å²) in [7, 11) is -3.66. The Kier molecular flexibility index (Phi) is 3.88. The van der Waals surface area contributed by atoms with E-state index < -0.39 is 38.4 Å². The molecule has 0 aliphatic heterocycles. The van der Waals surface area contributed by atoms with E-state index in [9.17, 15) is 34.8 Å². The molecule has 1 aromatic rings. The van der Waals surface area contributed by atoms with Crippen molar-refractivity contribution >= 4 is 10.0 Å². The van der Waals surface area contributed by atoms with Gasteiger partial charge >= 0.3 is 12.4 Å². The highest BCUT2D eigenvalue weighted by atomic mass is 32.2. The third-order valence-corrected chi connectivity index (χ3v) is 3.64. The number of nitrogens with one attached hydrogen (secondary N) is 1. The predicted molar refractivity (Wildman–Crippen MR) is 52.7 cm³/mol. The van der Waals surface area contributed by atoms with E-state index in [-0.39, 0.29) is 18.2 Å². The second-order valence-corrected chi connectivity index (χ2v) is 5.27. The second-order valence-electron chi connectivity index (χ2n) is 3.41. The summed E-state index contributed by atoms with van der Waals surface area (Å²) in [5.74, 6) is 0. The first-order chi connectivity index (χ1) is 8.39. The highest BCUT2D eigenvalue weighted by molar-refractivity contribution is 7.89. The quantitative estimate of drug-likeness (QED) is 0.854. The maximum absolute atomic E-state index is 12.6. The second kappa shape index (κ2) is 4.67. The monoisotopic (exact) mass is 307 g/mol. The van der Waals surface area contributed by atoms with Crippen LogP contribution >= 0.6 is 0 Å². The molecular formula is C9H7F6NO2S. The molecule has 0 saturated heterocycles. The largest absolute Gasteiger partial charge is 0.417 e. The van der Waals surface area contributed by atoms with Crippen molar-refractivity contribution in [1.29, 1.82) is 0 Å². The van der Waals surface area contributed by atoms with Crippen LogP contribution in [0.4, 0.5) is 26.3 Å². The number of hydrogen-bond donors (Lipinski definition) is 1. The van der Waals surface area contributed by atoms with Crippen LogP contribution in [0.3, 0.4) is 0 Å². The van der Waals surface area contributed by atoms with Gasteiger partial charge < -0.3 is 0 Å². The van der Waals surface area contributed by atoms with Crippen molar-refractivity contribution < 1.29 is 34.8 Å². The summed E-state index contributed by atoms with van der Waals surface area (Å²) in [5, 5.41) is 0. The number of hydrogen-bond acceptors (Lipinski definition) is 2. The van der Waals surface area contributed by atoms with Gasteiger partial charge in [0.1, 0.15) is 0 Å². The van der Waals surface area contributed by atoms with E-state index in [1.54, 1.807) is 4.72 Å². The van der Waals surface area contributed by atoms with E-state index in [1.165, 1.54) is 0 Å². The Bertz CT molecular complexity index is 575.